The van der Waals surface area contributed by atoms with Gasteiger partial charge in [0.1, 0.15) is 4.90 Å². The zero-order valence-corrected chi connectivity index (χ0v) is 17.9. The van der Waals surface area contributed by atoms with Crippen LogP contribution in [0.5, 0.6) is 0 Å². The zero-order chi connectivity index (χ0) is 22.2. The Labute approximate surface area is 183 Å². The minimum atomic E-state index is -4.10. The highest BCUT2D eigenvalue weighted by Crippen LogP contribution is 2.29. The number of benzene rings is 2. The van der Waals surface area contributed by atoms with Gasteiger partial charge in [0, 0.05) is 23.3 Å². The third-order valence-corrected chi connectivity index (χ3v) is 6.53. The van der Waals surface area contributed by atoms with Crippen LogP contribution in [0.15, 0.2) is 59.8 Å². The van der Waals surface area contributed by atoms with Gasteiger partial charge in [-0.25, -0.2) is 27.8 Å². The van der Waals surface area contributed by atoms with Gasteiger partial charge in [0.2, 0.25) is 5.95 Å². The molecule has 158 valence electrons. The maximum atomic E-state index is 14.8. The van der Waals surface area contributed by atoms with Crippen molar-refractivity contribution in [2.45, 2.75) is 18.2 Å². The van der Waals surface area contributed by atoms with E-state index >= 15 is 0 Å². The predicted octanol–water partition coefficient (Wildman–Crippen LogP) is 4.43. The molecule has 0 fully saturated rings. The lowest BCUT2D eigenvalue weighted by Crippen LogP contribution is -2.15. The van der Waals surface area contributed by atoms with Gasteiger partial charge in [0.05, 0.1) is 10.5 Å². The molecule has 10 heteroatoms. The molecule has 0 amide bonds. The largest absolute Gasteiger partial charge is 0.368 e. The Kier molecular flexibility index (Phi) is 5.47. The highest BCUT2D eigenvalue weighted by atomic mass is 35.5. The van der Waals surface area contributed by atoms with E-state index in [9.17, 15) is 12.8 Å². The molecule has 0 spiro atoms. The zero-order valence-electron chi connectivity index (χ0n) is 16.3. The Morgan fingerprint density at radius 1 is 1.10 bits per heavy atom. The van der Waals surface area contributed by atoms with Crippen LogP contribution in [0.3, 0.4) is 0 Å². The monoisotopic (exact) mass is 457 g/mol. The fourth-order valence-corrected chi connectivity index (χ4v) is 4.72. The molecule has 0 saturated heterocycles. The van der Waals surface area contributed by atoms with Crippen molar-refractivity contribution in [3.63, 3.8) is 0 Å². The minimum Gasteiger partial charge on any atom is -0.368 e. The third kappa shape index (κ3) is 4.14. The summed E-state index contributed by atoms with van der Waals surface area (Å²) in [5.74, 6) is -1.06. The summed E-state index contributed by atoms with van der Waals surface area (Å²) >= 11 is 5.95. The van der Waals surface area contributed by atoms with E-state index in [0.29, 0.717) is 17.5 Å². The van der Waals surface area contributed by atoms with Crippen LogP contribution in [0.1, 0.15) is 12.5 Å². The molecular weight excluding hydrogens is 441 g/mol. The summed E-state index contributed by atoms with van der Waals surface area (Å²) in [5.41, 5.74) is 8.52. The molecule has 0 bridgehead atoms. The van der Waals surface area contributed by atoms with Gasteiger partial charge in [-0.2, -0.15) is 0 Å². The fourth-order valence-electron chi connectivity index (χ4n) is 3.18. The second-order valence-electron chi connectivity index (χ2n) is 6.75. The smallest absolute Gasteiger partial charge is 0.264 e. The van der Waals surface area contributed by atoms with E-state index in [0.717, 1.165) is 16.5 Å². The molecule has 2 aromatic heterocycles. The van der Waals surface area contributed by atoms with Crippen molar-refractivity contribution in [3.05, 3.63) is 71.3 Å². The summed E-state index contributed by atoms with van der Waals surface area (Å²) in [6.45, 7) is 1.97. The number of nitrogens with zero attached hydrogens (tertiary/aromatic N) is 3. The third-order valence-electron chi connectivity index (χ3n) is 4.69. The molecule has 2 heterocycles. The summed E-state index contributed by atoms with van der Waals surface area (Å²) in [5, 5.41) is 0.783. The van der Waals surface area contributed by atoms with Crippen molar-refractivity contribution >= 4 is 44.3 Å². The van der Waals surface area contributed by atoms with E-state index in [4.69, 9.17) is 17.3 Å². The van der Waals surface area contributed by atoms with Crippen LogP contribution < -0.4 is 10.5 Å². The van der Waals surface area contributed by atoms with E-state index in [1.54, 1.807) is 18.3 Å². The number of anilines is 2. The molecule has 3 N–H and O–H groups in total. The Bertz CT molecular complexity index is 1410. The average molecular weight is 458 g/mol. The SMILES string of the molecule is CCc1cc(-c2cnc(NS(=O)(=O)c3ccccc3Cl)c(F)c2)cc2cnc(N)nc12. The second-order valence-corrected chi connectivity index (χ2v) is 8.80. The van der Waals surface area contributed by atoms with E-state index in [1.807, 2.05) is 13.0 Å². The van der Waals surface area contributed by atoms with Gasteiger partial charge in [-0.15, -0.1) is 0 Å². The molecule has 2 aromatic carbocycles. The molecule has 4 rings (SSSR count). The molecule has 0 aliphatic heterocycles. The molecule has 0 radical (unpaired) electrons. The van der Waals surface area contributed by atoms with Crippen molar-refractivity contribution in [3.8, 4) is 11.1 Å². The highest BCUT2D eigenvalue weighted by molar-refractivity contribution is 7.92. The number of pyridine rings is 1. The van der Waals surface area contributed by atoms with Crippen LogP contribution in [-0.4, -0.2) is 23.4 Å². The topological polar surface area (TPSA) is 111 Å². The van der Waals surface area contributed by atoms with Crippen LogP contribution >= 0.6 is 11.6 Å². The van der Waals surface area contributed by atoms with E-state index in [2.05, 4.69) is 19.7 Å². The first-order chi connectivity index (χ1) is 14.8. The normalized spacial score (nSPS) is 11.6. The number of sulfonamides is 1. The number of halogens is 2. The summed E-state index contributed by atoms with van der Waals surface area (Å²) in [7, 11) is -4.10. The molecule has 0 aliphatic rings. The standard InChI is InChI=1S/C21H17ClFN5O2S/c1-2-12-7-13(8-15-11-26-21(24)27-19(12)15)14-9-17(23)20(25-10-14)28-31(29,30)18-6-4-3-5-16(18)22/h3-11H,2H2,1H3,(H,25,28)(H2,24,26,27). The fraction of sp³-hybridized carbons (Fsp3) is 0.0952. The Hall–Kier alpha value is -3.30. The molecule has 4 aromatic rings. The number of aromatic nitrogens is 3. The predicted molar refractivity (Wildman–Crippen MR) is 119 cm³/mol. The van der Waals surface area contributed by atoms with E-state index in [-0.39, 0.29) is 15.9 Å². The summed E-state index contributed by atoms with van der Waals surface area (Å²) < 4.78 is 42.0. The molecule has 0 saturated carbocycles. The lowest BCUT2D eigenvalue weighted by atomic mass is 10.00. The maximum Gasteiger partial charge on any atom is 0.264 e. The van der Waals surface area contributed by atoms with Crippen LogP contribution in [0.25, 0.3) is 22.0 Å². The molecular formula is C21H17ClFN5O2S. The first-order valence-corrected chi connectivity index (χ1v) is 11.1. The number of hydrogen-bond donors (Lipinski definition) is 2. The lowest BCUT2D eigenvalue weighted by Gasteiger charge is -2.12. The molecule has 0 atom stereocenters. The van der Waals surface area contributed by atoms with E-state index in [1.165, 1.54) is 30.5 Å². The molecule has 7 nitrogen and oxygen atoms in total. The van der Waals surface area contributed by atoms with Crippen molar-refractivity contribution in [1.29, 1.82) is 0 Å². The number of nitrogens with one attached hydrogen (secondary N) is 1. The van der Waals surface area contributed by atoms with Crippen molar-refractivity contribution in [2.24, 2.45) is 0 Å². The summed E-state index contributed by atoms with van der Waals surface area (Å²) in [6, 6.07) is 10.8. The Morgan fingerprint density at radius 2 is 1.87 bits per heavy atom. The van der Waals surface area contributed by atoms with Gasteiger partial charge in [0.15, 0.2) is 11.6 Å². The second kappa shape index (κ2) is 8.09. The van der Waals surface area contributed by atoms with E-state index < -0.39 is 21.7 Å². The van der Waals surface area contributed by atoms with Gasteiger partial charge < -0.3 is 5.73 Å². The van der Waals surface area contributed by atoms with Crippen molar-refractivity contribution in [2.75, 3.05) is 10.5 Å². The molecule has 0 unspecified atom stereocenters. The number of nitrogen functional groups attached to an aromatic ring is 1. The number of fused-ring (bicyclic) bond motifs is 1. The summed E-state index contributed by atoms with van der Waals surface area (Å²) in [4.78, 5) is 12.1. The number of aryl methyl sites for hydroxylation is 1. The van der Waals surface area contributed by atoms with Crippen LogP contribution in [0.4, 0.5) is 16.2 Å². The Balaban J connectivity index is 1.71. The van der Waals surface area contributed by atoms with Gasteiger partial charge >= 0.3 is 0 Å². The highest BCUT2D eigenvalue weighted by Gasteiger charge is 2.20. The van der Waals surface area contributed by atoms with Crippen molar-refractivity contribution in [1.82, 2.24) is 15.0 Å². The number of rotatable bonds is 5. The maximum absolute atomic E-state index is 14.8. The first kappa shape index (κ1) is 21.0. The quantitative estimate of drug-likeness (QED) is 0.458. The summed E-state index contributed by atoms with van der Waals surface area (Å²) in [6.07, 6.45) is 3.69. The number of nitrogens with two attached hydrogens (primary N) is 1. The lowest BCUT2D eigenvalue weighted by molar-refractivity contribution is 0.597. The number of hydrogen-bond acceptors (Lipinski definition) is 6. The van der Waals surface area contributed by atoms with Gasteiger partial charge in [-0.05, 0) is 47.9 Å². The van der Waals surface area contributed by atoms with Crippen LogP contribution in [0.2, 0.25) is 5.02 Å². The van der Waals surface area contributed by atoms with Crippen LogP contribution in [-0.2, 0) is 16.4 Å². The van der Waals surface area contributed by atoms with Gasteiger partial charge in [-0.3, -0.25) is 4.72 Å². The van der Waals surface area contributed by atoms with Gasteiger partial charge in [-0.1, -0.05) is 30.7 Å². The minimum absolute atomic E-state index is 0.0261. The van der Waals surface area contributed by atoms with Gasteiger partial charge in [0.25, 0.3) is 10.0 Å². The Morgan fingerprint density at radius 3 is 2.58 bits per heavy atom. The van der Waals surface area contributed by atoms with Crippen molar-refractivity contribution < 1.29 is 12.8 Å². The average Bonchev–Trinajstić information content (AvgIpc) is 2.74. The van der Waals surface area contributed by atoms with Crippen LogP contribution in [0, 0.1) is 5.82 Å². The first-order valence-electron chi connectivity index (χ1n) is 9.27. The molecule has 0 aliphatic carbocycles. The molecule has 31 heavy (non-hydrogen) atoms.